The highest BCUT2D eigenvalue weighted by molar-refractivity contribution is 6.69. The van der Waals surface area contributed by atoms with E-state index in [1.807, 2.05) is 12.1 Å². The molecular weight excluding hydrogens is 270 g/mol. The number of likely N-dealkylation sites (tertiary alicyclic amines) is 1. The summed E-state index contributed by atoms with van der Waals surface area (Å²) in [6.07, 6.45) is 0.418. The number of nitrogens with zero attached hydrogens (tertiary/aromatic N) is 1. The van der Waals surface area contributed by atoms with E-state index in [1.165, 1.54) is 5.56 Å². The van der Waals surface area contributed by atoms with Gasteiger partial charge in [0.25, 0.3) is 0 Å². The van der Waals surface area contributed by atoms with Gasteiger partial charge in [-0.25, -0.2) is 0 Å². The van der Waals surface area contributed by atoms with Gasteiger partial charge in [0.1, 0.15) is 0 Å². The first kappa shape index (κ1) is 15.3. The molecule has 0 spiro atoms. The minimum Gasteiger partial charge on any atom is -0.493 e. The van der Waals surface area contributed by atoms with Crippen molar-refractivity contribution in [2.24, 2.45) is 0 Å². The quantitative estimate of drug-likeness (QED) is 0.755. The molecule has 1 heterocycles. The SMILES string of the molecule is COc1ccc(CN2CC(O[Si](C)(C)C)C2)cc1OC. The second-order valence-corrected chi connectivity index (χ2v) is 10.7. The molecule has 1 aromatic carbocycles. The lowest BCUT2D eigenvalue weighted by atomic mass is 10.1. The van der Waals surface area contributed by atoms with Gasteiger partial charge in [-0.05, 0) is 37.3 Å². The number of ether oxygens (including phenoxy) is 2. The molecule has 0 unspecified atom stereocenters. The Balaban J connectivity index is 1.87. The Hall–Kier alpha value is -1.04. The second-order valence-electron chi connectivity index (χ2n) is 6.24. The Labute approximate surface area is 122 Å². The van der Waals surface area contributed by atoms with Gasteiger partial charge in [-0.15, -0.1) is 0 Å². The van der Waals surface area contributed by atoms with Crippen molar-refractivity contribution in [1.29, 1.82) is 0 Å². The van der Waals surface area contributed by atoms with Gasteiger partial charge in [-0.2, -0.15) is 0 Å². The van der Waals surface area contributed by atoms with Crippen LogP contribution in [0.5, 0.6) is 11.5 Å². The van der Waals surface area contributed by atoms with E-state index in [4.69, 9.17) is 13.9 Å². The van der Waals surface area contributed by atoms with Crippen LogP contribution in [-0.4, -0.2) is 46.6 Å². The monoisotopic (exact) mass is 295 g/mol. The van der Waals surface area contributed by atoms with Crippen LogP contribution in [-0.2, 0) is 11.0 Å². The molecule has 2 rings (SSSR count). The summed E-state index contributed by atoms with van der Waals surface area (Å²) in [5.74, 6) is 1.57. The van der Waals surface area contributed by atoms with E-state index in [9.17, 15) is 0 Å². The van der Waals surface area contributed by atoms with Crippen molar-refractivity contribution < 1.29 is 13.9 Å². The number of hydrogen-bond donors (Lipinski definition) is 0. The number of benzene rings is 1. The Bertz CT molecular complexity index is 453. The van der Waals surface area contributed by atoms with Crippen LogP contribution >= 0.6 is 0 Å². The third-order valence-electron chi connectivity index (χ3n) is 3.30. The first-order chi connectivity index (χ1) is 9.41. The molecule has 1 aromatic rings. The normalized spacial score (nSPS) is 16.9. The van der Waals surface area contributed by atoms with E-state index in [-0.39, 0.29) is 0 Å². The van der Waals surface area contributed by atoms with Gasteiger partial charge in [-0.1, -0.05) is 6.07 Å². The third kappa shape index (κ3) is 3.98. The molecule has 1 aliphatic heterocycles. The summed E-state index contributed by atoms with van der Waals surface area (Å²) in [6.45, 7) is 9.71. The zero-order valence-electron chi connectivity index (χ0n) is 13.1. The average molecular weight is 295 g/mol. The zero-order chi connectivity index (χ0) is 14.8. The van der Waals surface area contributed by atoms with Gasteiger partial charge in [0.2, 0.25) is 0 Å². The molecule has 0 aromatic heterocycles. The summed E-state index contributed by atoms with van der Waals surface area (Å²) in [7, 11) is 1.93. The van der Waals surface area contributed by atoms with Crippen molar-refractivity contribution in [3.8, 4) is 11.5 Å². The zero-order valence-corrected chi connectivity index (χ0v) is 14.1. The molecule has 5 heteroatoms. The molecule has 0 radical (unpaired) electrons. The summed E-state index contributed by atoms with van der Waals surface area (Å²) in [5.41, 5.74) is 1.24. The molecule has 4 nitrogen and oxygen atoms in total. The van der Waals surface area contributed by atoms with E-state index in [1.54, 1.807) is 14.2 Å². The Morgan fingerprint density at radius 1 is 1.10 bits per heavy atom. The molecule has 0 N–H and O–H groups in total. The summed E-state index contributed by atoms with van der Waals surface area (Å²) in [6, 6.07) is 6.10. The van der Waals surface area contributed by atoms with Gasteiger partial charge in [-0.3, -0.25) is 4.90 Å². The third-order valence-corrected chi connectivity index (χ3v) is 4.34. The molecular formula is C15H25NO3Si. The van der Waals surface area contributed by atoms with Gasteiger partial charge in [0.05, 0.1) is 20.3 Å². The van der Waals surface area contributed by atoms with Crippen molar-refractivity contribution in [3.05, 3.63) is 23.8 Å². The molecule has 0 atom stereocenters. The minimum atomic E-state index is -1.40. The highest BCUT2D eigenvalue weighted by Crippen LogP contribution is 2.29. The van der Waals surface area contributed by atoms with Crippen molar-refractivity contribution in [2.45, 2.75) is 32.3 Å². The first-order valence-electron chi connectivity index (χ1n) is 7.02. The van der Waals surface area contributed by atoms with E-state index < -0.39 is 8.32 Å². The Morgan fingerprint density at radius 2 is 1.75 bits per heavy atom. The molecule has 0 aliphatic carbocycles. The average Bonchev–Trinajstić information content (AvgIpc) is 2.34. The highest BCUT2D eigenvalue weighted by atomic mass is 28.4. The van der Waals surface area contributed by atoms with E-state index in [0.29, 0.717) is 6.10 Å². The van der Waals surface area contributed by atoms with Gasteiger partial charge < -0.3 is 13.9 Å². The molecule has 0 saturated carbocycles. The smallest absolute Gasteiger partial charge is 0.184 e. The molecule has 112 valence electrons. The van der Waals surface area contributed by atoms with Crippen LogP contribution in [0.2, 0.25) is 19.6 Å². The fourth-order valence-corrected chi connectivity index (χ4v) is 3.61. The highest BCUT2D eigenvalue weighted by Gasteiger charge is 2.31. The topological polar surface area (TPSA) is 30.9 Å². The molecule has 20 heavy (non-hydrogen) atoms. The molecule has 0 amide bonds. The van der Waals surface area contributed by atoms with E-state index in [2.05, 4.69) is 30.6 Å². The summed E-state index contributed by atoms with van der Waals surface area (Å²) in [4.78, 5) is 2.39. The number of methoxy groups -OCH3 is 2. The van der Waals surface area contributed by atoms with Crippen LogP contribution in [0.3, 0.4) is 0 Å². The lowest BCUT2D eigenvalue weighted by Gasteiger charge is -2.42. The largest absolute Gasteiger partial charge is 0.493 e. The van der Waals surface area contributed by atoms with Gasteiger partial charge in [0, 0.05) is 19.6 Å². The lowest BCUT2D eigenvalue weighted by Crippen LogP contribution is -2.54. The van der Waals surface area contributed by atoms with Crippen LogP contribution in [0, 0.1) is 0 Å². The van der Waals surface area contributed by atoms with Crippen LogP contribution in [0.1, 0.15) is 5.56 Å². The number of hydrogen-bond acceptors (Lipinski definition) is 4. The fourth-order valence-electron chi connectivity index (χ4n) is 2.46. The minimum absolute atomic E-state index is 0.418. The van der Waals surface area contributed by atoms with Crippen LogP contribution in [0.15, 0.2) is 18.2 Å². The predicted octanol–water partition coefficient (Wildman–Crippen LogP) is 2.74. The van der Waals surface area contributed by atoms with Crippen molar-refractivity contribution in [3.63, 3.8) is 0 Å². The van der Waals surface area contributed by atoms with Crippen LogP contribution in [0.25, 0.3) is 0 Å². The maximum absolute atomic E-state index is 6.08. The Morgan fingerprint density at radius 3 is 2.30 bits per heavy atom. The van der Waals surface area contributed by atoms with E-state index >= 15 is 0 Å². The van der Waals surface area contributed by atoms with Gasteiger partial charge >= 0.3 is 0 Å². The predicted molar refractivity (Wildman–Crippen MR) is 83.0 cm³/mol. The van der Waals surface area contributed by atoms with Crippen molar-refractivity contribution in [2.75, 3.05) is 27.3 Å². The Kier molecular flexibility index (Phi) is 4.73. The standard InChI is InChI=1S/C15H25NO3Si/c1-17-14-7-6-12(8-15(14)18-2)9-16-10-13(11-16)19-20(3,4)5/h6-8,13H,9-11H2,1-5H3. The van der Waals surface area contributed by atoms with Crippen molar-refractivity contribution in [1.82, 2.24) is 4.90 Å². The van der Waals surface area contributed by atoms with Crippen LogP contribution in [0.4, 0.5) is 0 Å². The first-order valence-corrected chi connectivity index (χ1v) is 10.4. The summed E-state index contributed by atoms with van der Waals surface area (Å²) < 4.78 is 16.7. The fraction of sp³-hybridized carbons (Fsp3) is 0.600. The molecule has 1 aliphatic rings. The van der Waals surface area contributed by atoms with Crippen molar-refractivity contribution >= 4 is 8.32 Å². The summed E-state index contributed by atoms with van der Waals surface area (Å²) in [5, 5.41) is 0. The second kappa shape index (κ2) is 6.16. The maximum Gasteiger partial charge on any atom is 0.184 e. The van der Waals surface area contributed by atoms with Gasteiger partial charge in [0.15, 0.2) is 19.8 Å². The number of rotatable bonds is 6. The molecule has 1 saturated heterocycles. The van der Waals surface area contributed by atoms with E-state index in [0.717, 1.165) is 31.1 Å². The van der Waals surface area contributed by atoms with Crippen LogP contribution < -0.4 is 9.47 Å². The lowest BCUT2D eigenvalue weighted by molar-refractivity contribution is 0.00951. The summed E-state index contributed by atoms with van der Waals surface area (Å²) >= 11 is 0. The maximum atomic E-state index is 6.08. The molecule has 0 bridgehead atoms. The molecule has 1 fully saturated rings.